The minimum Gasteiger partial charge on any atom is -0.316 e. The Morgan fingerprint density at radius 2 is 2.08 bits per heavy atom. The van der Waals surface area contributed by atoms with E-state index in [1.807, 2.05) is 0 Å². The SMILES string of the molecule is CN(CC1CCCNC1)C1CNC1. The van der Waals surface area contributed by atoms with Crippen molar-refractivity contribution in [3.63, 3.8) is 0 Å². The van der Waals surface area contributed by atoms with Crippen molar-refractivity contribution in [2.45, 2.75) is 18.9 Å². The molecule has 0 aliphatic carbocycles. The molecule has 0 amide bonds. The molecule has 0 bridgehead atoms. The lowest BCUT2D eigenvalue weighted by molar-refractivity contribution is 0.146. The third-order valence-electron chi connectivity index (χ3n) is 3.33. The molecule has 0 saturated carbocycles. The summed E-state index contributed by atoms with van der Waals surface area (Å²) in [5.74, 6) is 0.888. The van der Waals surface area contributed by atoms with Crippen molar-refractivity contribution < 1.29 is 0 Å². The molecule has 0 aromatic rings. The predicted molar refractivity (Wildman–Crippen MR) is 54.9 cm³/mol. The van der Waals surface area contributed by atoms with Gasteiger partial charge in [-0.3, -0.25) is 0 Å². The van der Waals surface area contributed by atoms with Gasteiger partial charge in [0.15, 0.2) is 0 Å². The maximum absolute atomic E-state index is 3.47. The maximum Gasteiger partial charge on any atom is 0.0342 e. The molecule has 2 aliphatic heterocycles. The highest BCUT2D eigenvalue weighted by atomic mass is 15.2. The molecule has 2 heterocycles. The largest absolute Gasteiger partial charge is 0.316 e. The summed E-state index contributed by atoms with van der Waals surface area (Å²) >= 11 is 0. The van der Waals surface area contributed by atoms with Crippen molar-refractivity contribution in [2.24, 2.45) is 5.92 Å². The topological polar surface area (TPSA) is 27.3 Å². The van der Waals surface area contributed by atoms with Gasteiger partial charge in [-0.25, -0.2) is 0 Å². The number of piperidine rings is 1. The molecule has 2 rings (SSSR count). The molecule has 76 valence electrons. The zero-order valence-corrected chi connectivity index (χ0v) is 8.55. The summed E-state index contributed by atoms with van der Waals surface area (Å²) in [7, 11) is 2.26. The molecule has 0 spiro atoms. The van der Waals surface area contributed by atoms with Crippen molar-refractivity contribution in [1.29, 1.82) is 0 Å². The minimum atomic E-state index is 0.807. The molecule has 2 saturated heterocycles. The molecule has 3 nitrogen and oxygen atoms in total. The molecule has 2 fully saturated rings. The average molecular weight is 183 g/mol. The van der Waals surface area contributed by atoms with Gasteiger partial charge < -0.3 is 15.5 Å². The van der Waals surface area contributed by atoms with Gasteiger partial charge in [0.1, 0.15) is 0 Å². The van der Waals surface area contributed by atoms with E-state index in [2.05, 4.69) is 22.6 Å². The van der Waals surface area contributed by atoms with Crippen LogP contribution >= 0.6 is 0 Å². The summed E-state index contributed by atoms with van der Waals surface area (Å²) in [6.45, 7) is 6.11. The Labute approximate surface area is 80.9 Å². The molecule has 0 aromatic heterocycles. The highest BCUT2D eigenvalue weighted by Gasteiger charge is 2.24. The number of hydrogen-bond acceptors (Lipinski definition) is 3. The van der Waals surface area contributed by atoms with Gasteiger partial charge in [-0.15, -0.1) is 0 Å². The van der Waals surface area contributed by atoms with Crippen LogP contribution in [0.1, 0.15) is 12.8 Å². The zero-order valence-electron chi connectivity index (χ0n) is 8.55. The zero-order chi connectivity index (χ0) is 9.10. The van der Waals surface area contributed by atoms with Crippen molar-refractivity contribution >= 4 is 0 Å². The van der Waals surface area contributed by atoms with E-state index in [0.717, 1.165) is 12.0 Å². The second kappa shape index (κ2) is 4.40. The van der Waals surface area contributed by atoms with Crippen LogP contribution in [0.15, 0.2) is 0 Å². The lowest BCUT2D eigenvalue weighted by atomic mass is 9.98. The Morgan fingerprint density at radius 3 is 2.62 bits per heavy atom. The first-order valence-corrected chi connectivity index (χ1v) is 5.48. The molecular weight excluding hydrogens is 162 g/mol. The van der Waals surface area contributed by atoms with E-state index in [-0.39, 0.29) is 0 Å². The molecule has 13 heavy (non-hydrogen) atoms. The summed E-state index contributed by atoms with van der Waals surface area (Å²) in [4.78, 5) is 2.52. The fourth-order valence-corrected chi connectivity index (χ4v) is 2.22. The van der Waals surface area contributed by atoms with Gasteiger partial charge in [0.2, 0.25) is 0 Å². The summed E-state index contributed by atoms with van der Waals surface area (Å²) in [6, 6.07) is 0.807. The third kappa shape index (κ3) is 2.42. The number of nitrogens with one attached hydrogen (secondary N) is 2. The van der Waals surface area contributed by atoms with Gasteiger partial charge in [0.05, 0.1) is 0 Å². The Hall–Kier alpha value is -0.120. The summed E-state index contributed by atoms with van der Waals surface area (Å²) < 4.78 is 0. The van der Waals surface area contributed by atoms with Crippen molar-refractivity contribution in [3.05, 3.63) is 0 Å². The lowest BCUT2D eigenvalue weighted by Crippen LogP contribution is -2.57. The van der Waals surface area contributed by atoms with Crippen molar-refractivity contribution in [1.82, 2.24) is 15.5 Å². The van der Waals surface area contributed by atoms with E-state index >= 15 is 0 Å². The average Bonchev–Trinajstić information content (AvgIpc) is 2.02. The molecule has 2 N–H and O–H groups in total. The molecular formula is C10H21N3. The highest BCUT2D eigenvalue weighted by Crippen LogP contribution is 2.13. The van der Waals surface area contributed by atoms with Gasteiger partial charge in [-0.05, 0) is 38.9 Å². The Balaban J connectivity index is 1.69. The fraction of sp³-hybridized carbons (Fsp3) is 1.00. The van der Waals surface area contributed by atoms with E-state index in [4.69, 9.17) is 0 Å². The number of rotatable bonds is 3. The summed E-state index contributed by atoms with van der Waals surface area (Å²) in [6.07, 6.45) is 2.78. The van der Waals surface area contributed by atoms with Gasteiger partial charge in [-0.1, -0.05) is 0 Å². The second-order valence-electron chi connectivity index (χ2n) is 4.46. The number of hydrogen-bond donors (Lipinski definition) is 2. The minimum absolute atomic E-state index is 0.807. The Morgan fingerprint density at radius 1 is 1.23 bits per heavy atom. The third-order valence-corrected chi connectivity index (χ3v) is 3.33. The van der Waals surface area contributed by atoms with Crippen LogP contribution in [0.3, 0.4) is 0 Å². The standard InChI is InChI=1S/C10H21N3/c1-13(10-6-12-7-10)8-9-3-2-4-11-5-9/h9-12H,2-8H2,1H3. The first-order chi connectivity index (χ1) is 6.36. The van der Waals surface area contributed by atoms with Gasteiger partial charge >= 0.3 is 0 Å². The Bertz CT molecular complexity index is 150. The number of likely N-dealkylation sites (N-methyl/N-ethyl adjacent to an activating group) is 1. The Kier molecular flexibility index (Phi) is 3.19. The lowest BCUT2D eigenvalue weighted by Gasteiger charge is -2.38. The summed E-state index contributed by atoms with van der Waals surface area (Å²) in [5, 5.41) is 6.79. The quantitative estimate of drug-likeness (QED) is 0.639. The van der Waals surface area contributed by atoms with Crippen LogP contribution in [-0.4, -0.2) is 50.7 Å². The van der Waals surface area contributed by atoms with E-state index in [0.29, 0.717) is 0 Å². The number of nitrogens with zero attached hydrogens (tertiary/aromatic N) is 1. The predicted octanol–water partition coefficient (Wildman–Crippen LogP) is -0.110. The fourth-order valence-electron chi connectivity index (χ4n) is 2.22. The van der Waals surface area contributed by atoms with Crippen LogP contribution in [0.4, 0.5) is 0 Å². The smallest absolute Gasteiger partial charge is 0.0342 e. The molecule has 3 heteroatoms. The van der Waals surface area contributed by atoms with Gasteiger partial charge in [0.25, 0.3) is 0 Å². The van der Waals surface area contributed by atoms with Crippen LogP contribution in [-0.2, 0) is 0 Å². The van der Waals surface area contributed by atoms with Gasteiger partial charge in [-0.2, -0.15) is 0 Å². The van der Waals surface area contributed by atoms with Crippen LogP contribution in [0.25, 0.3) is 0 Å². The van der Waals surface area contributed by atoms with E-state index in [1.54, 1.807) is 0 Å². The van der Waals surface area contributed by atoms with Crippen molar-refractivity contribution in [3.8, 4) is 0 Å². The monoisotopic (exact) mass is 183 g/mol. The first-order valence-electron chi connectivity index (χ1n) is 5.48. The van der Waals surface area contributed by atoms with E-state index < -0.39 is 0 Å². The van der Waals surface area contributed by atoms with Crippen LogP contribution in [0.5, 0.6) is 0 Å². The van der Waals surface area contributed by atoms with Crippen LogP contribution < -0.4 is 10.6 Å². The summed E-state index contributed by atoms with van der Waals surface area (Å²) in [5.41, 5.74) is 0. The van der Waals surface area contributed by atoms with Crippen LogP contribution in [0.2, 0.25) is 0 Å². The molecule has 0 aromatic carbocycles. The maximum atomic E-state index is 3.47. The van der Waals surface area contributed by atoms with Gasteiger partial charge in [0, 0.05) is 25.7 Å². The van der Waals surface area contributed by atoms with Crippen LogP contribution in [0, 0.1) is 5.92 Å². The normalized spacial score (nSPS) is 30.5. The van der Waals surface area contributed by atoms with E-state index in [1.165, 1.54) is 45.6 Å². The highest BCUT2D eigenvalue weighted by molar-refractivity contribution is 4.84. The molecule has 1 atom stereocenters. The van der Waals surface area contributed by atoms with E-state index in [9.17, 15) is 0 Å². The second-order valence-corrected chi connectivity index (χ2v) is 4.46. The molecule has 2 aliphatic rings. The molecule has 1 unspecified atom stereocenters. The first kappa shape index (κ1) is 9.44. The molecule has 0 radical (unpaired) electrons. The van der Waals surface area contributed by atoms with Crippen molar-refractivity contribution in [2.75, 3.05) is 39.8 Å².